The van der Waals surface area contributed by atoms with Crippen molar-refractivity contribution in [1.82, 2.24) is 0 Å². The molecule has 0 N–H and O–H groups in total. The molecule has 0 bridgehead atoms. The van der Waals surface area contributed by atoms with Gasteiger partial charge < -0.3 is 4.90 Å². The summed E-state index contributed by atoms with van der Waals surface area (Å²) in [6.07, 6.45) is 0. The molecule has 0 saturated heterocycles. The van der Waals surface area contributed by atoms with Gasteiger partial charge in [0.25, 0.3) is 0 Å². The molecule has 1 aliphatic heterocycles. The van der Waals surface area contributed by atoms with Crippen LogP contribution in [0.1, 0.15) is 22.3 Å². The molecule has 0 atom stereocenters. The summed E-state index contributed by atoms with van der Waals surface area (Å²) in [5, 5.41) is 0. The van der Waals surface area contributed by atoms with E-state index >= 15 is 0 Å². The monoisotopic (exact) mass is 669 g/mol. The molecule has 1 heterocycles. The molecule has 0 amide bonds. The van der Waals surface area contributed by atoms with Crippen molar-refractivity contribution < 1.29 is 0 Å². The fourth-order valence-corrected chi connectivity index (χ4v) is 9.29. The SMILES string of the molecule is Brc1ccccc1-c1ccccc1N(c1ccccc1)c1ccc2c(c1)Sc1ccccc1C21c2ccccc2-c2ccccc21. The molecule has 0 radical (unpaired) electrons. The van der Waals surface area contributed by atoms with Gasteiger partial charge in [-0.3, -0.25) is 0 Å². The van der Waals surface area contributed by atoms with Crippen LogP contribution in [0.4, 0.5) is 17.1 Å². The lowest BCUT2D eigenvalue weighted by Gasteiger charge is -2.40. The summed E-state index contributed by atoms with van der Waals surface area (Å²) in [7, 11) is 0. The average Bonchev–Trinajstić information content (AvgIpc) is 3.40. The van der Waals surface area contributed by atoms with Crippen LogP contribution in [-0.4, -0.2) is 0 Å². The van der Waals surface area contributed by atoms with Crippen molar-refractivity contribution in [3.8, 4) is 22.3 Å². The number of para-hydroxylation sites is 2. The van der Waals surface area contributed by atoms with Crippen LogP contribution < -0.4 is 4.90 Å². The first-order valence-corrected chi connectivity index (χ1v) is 17.2. The van der Waals surface area contributed by atoms with Crippen LogP contribution in [-0.2, 0) is 5.41 Å². The van der Waals surface area contributed by atoms with Crippen molar-refractivity contribution in [3.63, 3.8) is 0 Å². The van der Waals surface area contributed by atoms with Gasteiger partial charge in [0.15, 0.2) is 0 Å². The second kappa shape index (κ2) is 10.9. The van der Waals surface area contributed by atoms with Crippen LogP contribution in [0.5, 0.6) is 0 Å². The Morgan fingerprint density at radius 2 is 0.957 bits per heavy atom. The largest absolute Gasteiger partial charge is 0.310 e. The molecule has 0 saturated carbocycles. The van der Waals surface area contributed by atoms with Crippen LogP contribution in [0.2, 0.25) is 0 Å². The van der Waals surface area contributed by atoms with Gasteiger partial charge in [-0.1, -0.05) is 155 Å². The molecule has 0 aromatic heterocycles. The Hall–Kier alpha value is -4.83. The lowest BCUT2D eigenvalue weighted by atomic mass is 9.67. The molecular weight excluding hydrogens is 642 g/mol. The molecule has 46 heavy (non-hydrogen) atoms. The number of nitrogens with zero attached hydrogens (tertiary/aromatic N) is 1. The zero-order chi connectivity index (χ0) is 30.7. The summed E-state index contributed by atoms with van der Waals surface area (Å²) in [4.78, 5) is 4.99. The van der Waals surface area contributed by atoms with Gasteiger partial charge in [-0.15, -0.1) is 0 Å². The number of halogens is 1. The van der Waals surface area contributed by atoms with E-state index in [1.54, 1.807) is 0 Å². The van der Waals surface area contributed by atoms with E-state index in [0.717, 1.165) is 21.5 Å². The Bertz CT molecular complexity index is 2230. The first-order chi connectivity index (χ1) is 22.7. The van der Waals surface area contributed by atoms with Gasteiger partial charge >= 0.3 is 0 Å². The summed E-state index contributed by atoms with van der Waals surface area (Å²) in [6.45, 7) is 0. The van der Waals surface area contributed by atoms with Gasteiger partial charge in [0.05, 0.1) is 11.1 Å². The second-order valence-electron chi connectivity index (χ2n) is 11.8. The van der Waals surface area contributed by atoms with Crippen molar-refractivity contribution in [2.24, 2.45) is 0 Å². The number of anilines is 3. The number of rotatable bonds is 4. The predicted octanol–water partition coefficient (Wildman–Crippen LogP) is 12.4. The van der Waals surface area contributed by atoms with Crippen LogP contribution in [0.25, 0.3) is 22.3 Å². The highest BCUT2D eigenvalue weighted by Crippen LogP contribution is 2.62. The van der Waals surface area contributed by atoms with Crippen molar-refractivity contribution in [2.45, 2.75) is 15.2 Å². The lowest BCUT2D eigenvalue weighted by Crippen LogP contribution is -2.32. The van der Waals surface area contributed by atoms with Gasteiger partial charge in [0, 0.05) is 31.2 Å². The molecule has 0 unspecified atom stereocenters. The second-order valence-corrected chi connectivity index (χ2v) is 13.7. The van der Waals surface area contributed by atoms with Crippen molar-refractivity contribution >= 4 is 44.8 Å². The quantitative estimate of drug-likeness (QED) is 0.183. The lowest BCUT2D eigenvalue weighted by molar-refractivity contribution is 0.722. The smallest absolute Gasteiger partial charge is 0.0735 e. The molecule has 218 valence electrons. The van der Waals surface area contributed by atoms with E-state index in [-0.39, 0.29) is 5.41 Å². The van der Waals surface area contributed by atoms with E-state index < -0.39 is 0 Å². The molecule has 3 heteroatoms. The Kier molecular flexibility index (Phi) is 6.52. The Labute approximate surface area is 282 Å². The first-order valence-electron chi connectivity index (χ1n) is 15.6. The molecule has 1 aliphatic carbocycles. The standard InChI is InChI=1S/C43H28BrNS/c44-39-23-11-6-18-33(39)34-19-7-12-24-40(34)45(29-14-2-1-3-15-29)30-26-27-38-42(28-30)46-41-25-13-10-22-37(41)43(38)35-20-8-4-16-31(35)32-17-5-9-21-36(32)43/h1-28H. The molecule has 0 fully saturated rings. The van der Waals surface area contributed by atoms with E-state index in [2.05, 4.69) is 191 Å². The third-order valence-corrected chi connectivity index (χ3v) is 11.2. The van der Waals surface area contributed by atoms with Crippen LogP contribution in [0.3, 0.4) is 0 Å². The van der Waals surface area contributed by atoms with E-state index in [9.17, 15) is 0 Å². The molecular formula is C43H28BrNS. The Balaban J connectivity index is 1.31. The maximum atomic E-state index is 3.83. The highest BCUT2D eigenvalue weighted by atomic mass is 79.9. The normalized spacial score (nSPS) is 13.4. The van der Waals surface area contributed by atoms with Crippen LogP contribution in [0, 0.1) is 0 Å². The first kappa shape index (κ1) is 27.5. The van der Waals surface area contributed by atoms with Gasteiger partial charge in [0.1, 0.15) is 0 Å². The van der Waals surface area contributed by atoms with E-state index in [4.69, 9.17) is 0 Å². The molecule has 7 aromatic rings. The zero-order valence-electron chi connectivity index (χ0n) is 24.9. The minimum absolute atomic E-state index is 0.382. The van der Waals surface area contributed by atoms with Gasteiger partial charge in [0.2, 0.25) is 0 Å². The van der Waals surface area contributed by atoms with E-state index in [0.29, 0.717) is 0 Å². The fourth-order valence-electron chi connectivity index (χ4n) is 7.57. The van der Waals surface area contributed by atoms with Gasteiger partial charge in [-0.25, -0.2) is 0 Å². The topological polar surface area (TPSA) is 3.24 Å². The molecule has 1 nitrogen and oxygen atoms in total. The molecule has 9 rings (SSSR count). The minimum atomic E-state index is -0.382. The number of fused-ring (bicyclic) bond motifs is 9. The predicted molar refractivity (Wildman–Crippen MR) is 196 cm³/mol. The summed E-state index contributed by atoms with van der Waals surface area (Å²) in [6, 6.07) is 62.0. The maximum Gasteiger partial charge on any atom is 0.0735 e. The zero-order valence-corrected chi connectivity index (χ0v) is 27.3. The average molecular weight is 671 g/mol. The van der Waals surface area contributed by atoms with Crippen LogP contribution in [0.15, 0.2) is 184 Å². The van der Waals surface area contributed by atoms with E-state index in [1.165, 1.54) is 54.3 Å². The van der Waals surface area contributed by atoms with Crippen molar-refractivity contribution in [1.29, 1.82) is 0 Å². The number of hydrogen-bond donors (Lipinski definition) is 0. The summed E-state index contributed by atoms with van der Waals surface area (Å²) in [5.74, 6) is 0. The fraction of sp³-hybridized carbons (Fsp3) is 0.0233. The molecule has 1 spiro atoms. The summed E-state index contributed by atoms with van der Waals surface area (Å²) in [5.41, 5.74) is 13.4. The number of hydrogen-bond acceptors (Lipinski definition) is 2. The highest BCUT2D eigenvalue weighted by Gasteiger charge is 2.50. The van der Waals surface area contributed by atoms with Gasteiger partial charge in [-0.2, -0.15) is 0 Å². The van der Waals surface area contributed by atoms with Crippen LogP contribution >= 0.6 is 27.7 Å². The van der Waals surface area contributed by atoms with Crippen molar-refractivity contribution in [2.75, 3.05) is 4.90 Å². The summed E-state index contributed by atoms with van der Waals surface area (Å²) >= 11 is 5.72. The minimum Gasteiger partial charge on any atom is -0.310 e. The third-order valence-electron chi connectivity index (χ3n) is 9.41. The Morgan fingerprint density at radius 3 is 1.67 bits per heavy atom. The molecule has 7 aromatic carbocycles. The summed E-state index contributed by atoms with van der Waals surface area (Å²) < 4.78 is 1.08. The van der Waals surface area contributed by atoms with Crippen molar-refractivity contribution in [3.05, 3.63) is 197 Å². The third kappa shape index (κ3) is 4.02. The highest BCUT2D eigenvalue weighted by molar-refractivity contribution is 9.10. The van der Waals surface area contributed by atoms with E-state index in [1.807, 2.05) is 11.8 Å². The molecule has 2 aliphatic rings. The Morgan fingerprint density at radius 1 is 0.413 bits per heavy atom. The van der Waals surface area contributed by atoms with Gasteiger partial charge in [-0.05, 0) is 81.4 Å². The maximum absolute atomic E-state index is 3.83. The number of benzene rings is 7.